The highest BCUT2D eigenvalue weighted by Crippen LogP contribution is 2.45. The number of carboxylic acids is 1. The van der Waals surface area contributed by atoms with Crippen LogP contribution in [0, 0.1) is 5.41 Å². The van der Waals surface area contributed by atoms with Crippen molar-refractivity contribution in [3.8, 4) is 21.8 Å². The molecule has 1 amide bonds. The van der Waals surface area contributed by atoms with Crippen molar-refractivity contribution in [1.82, 2.24) is 9.88 Å². The standard InChI is InChI=1S/C26H30N2O6S2.ClH/c1-25(2,3)14-23(29)28-11-10-26(15-24(30)31,36(32,33)13-12-28)22-9-8-21(35-22)19-6-4-18(5-7-19)20-16-27-17-34-20;/h4-9,16-17H,10-15H2,1-3H3,(H,30,31);1H/t26-;/m0./s1. The van der Waals surface area contributed by atoms with Gasteiger partial charge in [-0.1, -0.05) is 45.0 Å². The van der Waals surface area contributed by atoms with E-state index in [2.05, 4.69) is 4.98 Å². The van der Waals surface area contributed by atoms with Gasteiger partial charge in [0.05, 0.1) is 18.4 Å². The molecule has 1 fully saturated rings. The number of carbonyl (C=O) groups excluding carboxylic acids is 1. The molecule has 2 aromatic heterocycles. The third-order valence-electron chi connectivity index (χ3n) is 6.42. The monoisotopic (exact) mass is 566 g/mol. The predicted molar refractivity (Wildman–Crippen MR) is 145 cm³/mol. The summed E-state index contributed by atoms with van der Waals surface area (Å²) in [7, 11) is -3.87. The van der Waals surface area contributed by atoms with Crippen LogP contribution in [0.15, 0.2) is 53.4 Å². The van der Waals surface area contributed by atoms with E-state index < -0.39 is 27.0 Å². The van der Waals surface area contributed by atoms with Gasteiger partial charge in [-0.05, 0) is 29.5 Å². The fourth-order valence-electron chi connectivity index (χ4n) is 4.52. The van der Waals surface area contributed by atoms with E-state index in [9.17, 15) is 23.1 Å². The topological polar surface area (TPSA) is 118 Å². The molecular weight excluding hydrogens is 536 g/mol. The zero-order valence-electron chi connectivity index (χ0n) is 21.0. The second-order valence-electron chi connectivity index (χ2n) is 10.4. The number of nitrogens with zero attached hydrogens (tertiary/aromatic N) is 2. The Hall–Kier alpha value is -2.69. The van der Waals surface area contributed by atoms with E-state index in [4.69, 9.17) is 4.42 Å². The van der Waals surface area contributed by atoms with Crippen LogP contribution < -0.4 is 0 Å². The molecule has 11 heteroatoms. The molecule has 3 aromatic rings. The van der Waals surface area contributed by atoms with Crippen LogP contribution in [-0.2, 0) is 24.2 Å². The maximum Gasteiger partial charge on any atom is 0.305 e. The third-order valence-corrected chi connectivity index (χ3v) is 10.4. The van der Waals surface area contributed by atoms with Gasteiger partial charge in [-0.3, -0.25) is 9.59 Å². The van der Waals surface area contributed by atoms with Gasteiger partial charge in [0.1, 0.15) is 4.75 Å². The molecule has 1 saturated heterocycles. The van der Waals surface area contributed by atoms with Gasteiger partial charge in [-0.2, -0.15) is 0 Å². The van der Waals surface area contributed by atoms with Crippen molar-refractivity contribution in [3.63, 3.8) is 0 Å². The van der Waals surface area contributed by atoms with Gasteiger partial charge in [0.25, 0.3) is 0 Å². The van der Waals surface area contributed by atoms with E-state index in [1.165, 1.54) is 17.7 Å². The first-order chi connectivity index (χ1) is 16.9. The van der Waals surface area contributed by atoms with Crippen LogP contribution in [0.3, 0.4) is 0 Å². The Morgan fingerprint density at radius 1 is 1.11 bits per heavy atom. The second-order valence-corrected chi connectivity index (χ2v) is 13.9. The summed E-state index contributed by atoms with van der Waals surface area (Å²) in [6.45, 7) is 6.14. The van der Waals surface area contributed by atoms with Gasteiger partial charge in [0.15, 0.2) is 22.0 Å². The van der Waals surface area contributed by atoms with E-state index in [0.29, 0.717) is 17.1 Å². The van der Waals surface area contributed by atoms with Crippen LogP contribution >= 0.6 is 23.7 Å². The fraction of sp³-hybridized carbons (Fsp3) is 0.423. The number of rotatable bonds is 6. The molecule has 8 nitrogen and oxygen atoms in total. The zero-order valence-corrected chi connectivity index (χ0v) is 23.4. The summed E-state index contributed by atoms with van der Waals surface area (Å²) in [6.07, 6.45) is 2.79. The van der Waals surface area contributed by atoms with Crippen LogP contribution in [-0.4, -0.2) is 54.1 Å². The second kappa shape index (κ2) is 11.0. The van der Waals surface area contributed by atoms with Gasteiger partial charge < -0.3 is 14.4 Å². The average Bonchev–Trinajstić information content (AvgIpc) is 3.47. The van der Waals surface area contributed by atoms with Crippen LogP contribution in [0.1, 0.15) is 44.9 Å². The molecule has 1 N–H and O–H groups in total. The number of aromatic nitrogens is 1. The maximum absolute atomic E-state index is 13.6. The molecule has 4 rings (SSSR count). The third kappa shape index (κ3) is 6.25. The lowest BCUT2D eigenvalue weighted by molar-refractivity contribution is -0.137. The van der Waals surface area contributed by atoms with Gasteiger partial charge >= 0.3 is 5.97 Å². The summed E-state index contributed by atoms with van der Waals surface area (Å²) < 4.78 is 31.0. The van der Waals surface area contributed by atoms with E-state index in [0.717, 1.165) is 16.0 Å². The van der Waals surface area contributed by atoms with E-state index in [1.807, 2.05) is 51.1 Å². The number of carbonyl (C=O) groups is 2. The molecule has 0 unspecified atom stereocenters. The number of aliphatic carboxylic acids is 1. The molecular formula is C26H31ClN2O6S2. The Morgan fingerprint density at radius 2 is 1.78 bits per heavy atom. The van der Waals surface area contributed by atoms with E-state index in [-0.39, 0.29) is 49.0 Å². The van der Waals surface area contributed by atoms with Crippen molar-refractivity contribution < 1.29 is 27.5 Å². The van der Waals surface area contributed by atoms with Crippen molar-refractivity contribution in [1.29, 1.82) is 0 Å². The molecule has 3 heterocycles. The Bertz CT molecular complexity index is 1340. The van der Waals surface area contributed by atoms with E-state index >= 15 is 0 Å². The summed E-state index contributed by atoms with van der Waals surface area (Å²) >= 11 is 1.29. The van der Waals surface area contributed by atoms with Gasteiger partial charge in [0.2, 0.25) is 5.91 Å². The minimum absolute atomic E-state index is 0. The highest BCUT2D eigenvalue weighted by molar-refractivity contribution is 7.92. The molecule has 0 radical (unpaired) electrons. The molecule has 0 spiro atoms. The molecule has 0 saturated carbocycles. The number of carboxylic acid groups (broad SMARTS) is 1. The summed E-state index contributed by atoms with van der Waals surface area (Å²) in [6, 6.07) is 11.2. The van der Waals surface area contributed by atoms with Crippen molar-refractivity contribution in [3.05, 3.63) is 53.9 Å². The number of sulfone groups is 1. The lowest BCUT2D eigenvalue weighted by Gasteiger charge is -2.30. The molecule has 1 aliphatic rings. The first-order valence-electron chi connectivity index (χ1n) is 11.7. The maximum atomic E-state index is 13.6. The van der Waals surface area contributed by atoms with Crippen molar-refractivity contribution in [2.75, 3.05) is 18.8 Å². The molecule has 0 bridgehead atoms. The molecule has 1 aliphatic heterocycles. The Labute approximate surface area is 227 Å². The van der Waals surface area contributed by atoms with Gasteiger partial charge in [0, 0.05) is 34.8 Å². The fourth-order valence-corrected chi connectivity index (χ4v) is 8.13. The van der Waals surface area contributed by atoms with Crippen LogP contribution in [0.2, 0.25) is 0 Å². The summed E-state index contributed by atoms with van der Waals surface area (Å²) in [5.41, 5.74) is 1.52. The zero-order chi connectivity index (χ0) is 26.1. The summed E-state index contributed by atoms with van der Waals surface area (Å²) in [4.78, 5) is 31.6. The number of hydrogen-bond donors (Lipinski definition) is 1. The Balaban J connectivity index is 0.00000380. The minimum atomic E-state index is -3.87. The SMILES string of the molecule is CC(C)(C)CC(=O)N1CC[C@](CC(=O)O)(c2ccc(-c3ccc(-c4cnco4)cc3)s2)S(=O)(=O)CC1.Cl. The molecule has 200 valence electrons. The normalized spacial score (nSPS) is 19.6. The van der Waals surface area contributed by atoms with E-state index in [1.54, 1.807) is 17.2 Å². The molecule has 1 atom stereocenters. The lowest BCUT2D eigenvalue weighted by atomic mass is 9.91. The van der Waals surface area contributed by atoms with Crippen LogP contribution in [0.25, 0.3) is 21.8 Å². The summed E-state index contributed by atoms with van der Waals surface area (Å²) in [5.74, 6) is -0.916. The number of amides is 1. The van der Waals surface area contributed by atoms with Crippen LogP contribution in [0.5, 0.6) is 0 Å². The highest BCUT2D eigenvalue weighted by Gasteiger charge is 2.50. The Kier molecular flexibility index (Phi) is 8.56. The van der Waals surface area contributed by atoms with Crippen molar-refractivity contribution in [2.45, 2.75) is 44.8 Å². The predicted octanol–water partition coefficient (Wildman–Crippen LogP) is 5.25. The highest BCUT2D eigenvalue weighted by atomic mass is 35.5. The smallest absolute Gasteiger partial charge is 0.305 e. The molecule has 0 aliphatic carbocycles. The number of oxazole rings is 1. The van der Waals surface area contributed by atoms with Crippen molar-refractivity contribution in [2.24, 2.45) is 5.41 Å². The molecule has 37 heavy (non-hydrogen) atoms. The van der Waals surface area contributed by atoms with Gasteiger partial charge in [-0.15, -0.1) is 23.7 Å². The number of benzene rings is 1. The molecule has 1 aromatic carbocycles. The quantitative estimate of drug-likeness (QED) is 0.433. The van der Waals surface area contributed by atoms with Crippen molar-refractivity contribution >= 4 is 45.5 Å². The largest absolute Gasteiger partial charge is 0.481 e. The number of hydrogen-bond acceptors (Lipinski definition) is 7. The Morgan fingerprint density at radius 3 is 2.38 bits per heavy atom. The number of thiophene rings is 1. The number of halogens is 1. The van der Waals surface area contributed by atoms with Gasteiger partial charge in [-0.25, -0.2) is 13.4 Å². The summed E-state index contributed by atoms with van der Waals surface area (Å²) in [5, 5.41) is 9.73. The first-order valence-corrected chi connectivity index (χ1v) is 14.2. The minimum Gasteiger partial charge on any atom is -0.481 e. The average molecular weight is 567 g/mol. The first kappa shape index (κ1) is 28.9. The lowest BCUT2D eigenvalue weighted by Crippen LogP contribution is -2.39. The van der Waals surface area contributed by atoms with Crippen LogP contribution in [0.4, 0.5) is 0 Å².